The van der Waals surface area contributed by atoms with Crippen LogP contribution >= 0.6 is 0 Å². The number of hydrogen-bond acceptors (Lipinski definition) is 4. The van der Waals surface area contributed by atoms with E-state index in [0.29, 0.717) is 25.0 Å². The number of aryl methyl sites for hydroxylation is 2. The van der Waals surface area contributed by atoms with E-state index in [2.05, 4.69) is 11.6 Å². The molecule has 4 rings (SSSR count). The van der Waals surface area contributed by atoms with E-state index in [4.69, 9.17) is 4.74 Å². The Balaban J connectivity index is 1.57. The summed E-state index contributed by atoms with van der Waals surface area (Å²) in [5.41, 5.74) is 1.63. The Labute approximate surface area is 167 Å². The minimum atomic E-state index is -3.32. The number of nitrogens with one attached hydrogen (secondary N) is 1. The molecule has 1 N–H and O–H groups in total. The summed E-state index contributed by atoms with van der Waals surface area (Å²) in [5.74, 6) is 0.749. The number of aromatic nitrogens is 1. The quantitative estimate of drug-likeness (QED) is 0.785. The molecule has 3 aliphatic rings. The van der Waals surface area contributed by atoms with E-state index in [9.17, 15) is 13.2 Å². The normalized spacial score (nSPS) is 30.8. The molecule has 2 atom stereocenters. The molecule has 1 aromatic heterocycles. The van der Waals surface area contributed by atoms with Gasteiger partial charge in [0.2, 0.25) is 10.0 Å². The Bertz CT molecular complexity index is 867. The van der Waals surface area contributed by atoms with Crippen molar-refractivity contribution in [2.24, 2.45) is 5.92 Å². The molecule has 0 saturated heterocycles. The van der Waals surface area contributed by atoms with Gasteiger partial charge in [0.15, 0.2) is 0 Å². The van der Waals surface area contributed by atoms with E-state index in [0.717, 1.165) is 37.3 Å². The van der Waals surface area contributed by atoms with Crippen molar-refractivity contribution in [2.75, 3.05) is 6.61 Å². The van der Waals surface area contributed by atoms with Crippen LogP contribution in [-0.2, 0) is 21.2 Å². The molecular formula is C21H32N2O4S. The predicted molar refractivity (Wildman–Crippen MR) is 109 cm³/mol. The van der Waals surface area contributed by atoms with E-state index in [1.54, 1.807) is 4.57 Å². The Kier molecular flexibility index (Phi) is 5.69. The number of ether oxygens (including phenoxy) is 1. The van der Waals surface area contributed by atoms with Gasteiger partial charge in [-0.25, -0.2) is 13.1 Å². The third kappa shape index (κ3) is 4.21. The van der Waals surface area contributed by atoms with E-state index < -0.39 is 10.0 Å². The summed E-state index contributed by atoms with van der Waals surface area (Å²) in [6.45, 7) is 4.47. The Morgan fingerprint density at radius 2 is 1.82 bits per heavy atom. The van der Waals surface area contributed by atoms with Gasteiger partial charge in [-0.1, -0.05) is 13.0 Å². The fraction of sp³-hybridized carbons (Fsp3) is 0.762. The molecular weight excluding hydrogens is 376 g/mol. The Hall–Kier alpha value is -1.18. The number of rotatable bonds is 6. The zero-order valence-corrected chi connectivity index (χ0v) is 17.7. The van der Waals surface area contributed by atoms with Crippen LogP contribution < -0.4 is 10.3 Å². The van der Waals surface area contributed by atoms with Crippen molar-refractivity contribution in [3.8, 4) is 0 Å². The molecule has 0 bridgehead atoms. The summed E-state index contributed by atoms with van der Waals surface area (Å²) in [5, 5.41) is -0.260. The van der Waals surface area contributed by atoms with Crippen LogP contribution in [0.4, 0.5) is 0 Å². The van der Waals surface area contributed by atoms with Crippen molar-refractivity contribution >= 4 is 10.0 Å². The summed E-state index contributed by atoms with van der Waals surface area (Å²) in [6.07, 6.45) is 7.51. The third-order valence-corrected chi connectivity index (χ3v) is 8.62. The number of fused-ring (bicyclic) bond motifs is 1. The van der Waals surface area contributed by atoms with Crippen LogP contribution in [0.1, 0.15) is 69.2 Å². The first-order valence-corrected chi connectivity index (χ1v) is 12.2. The van der Waals surface area contributed by atoms with Crippen LogP contribution in [0.25, 0.3) is 0 Å². The second-order valence-electron chi connectivity index (χ2n) is 8.97. The molecule has 0 spiro atoms. The molecule has 2 heterocycles. The molecule has 0 aromatic carbocycles. The van der Waals surface area contributed by atoms with Crippen molar-refractivity contribution < 1.29 is 13.2 Å². The van der Waals surface area contributed by atoms with Crippen molar-refractivity contribution in [2.45, 2.75) is 88.7 Å². The molecule has 7 heteroatoms. The topological polar surface area (TPSA) is 77.4 Å². The van der Waals surface area contributed by atoms with Crippen LogP contribution in [0.2, 0.25) is 0 Å². The zero-order valence-electron chi connectivity index (χ0n) is 16.9. The van der Waals surface area contributed by atoms with Crippen molar-refractivity contribution in [1.29, 1.82) is 0 Å². The Morgan fingerprint density at radius 3 is 2.50 bits per heavy atom. The molecule has 28 heavy (non-hydrogen) atoms. The average Bonchev–Trinajstić information content (AvgIpc) is 3.51. The van der Waals surface area contributed by atoms with Crippen LogP contribution in [0.5, 0.6) is 0 Å². The second kappa shape index (κ2) is 7.92. The maximum Gasteiger partial charge on any atom is 0.254 e. The summed E-state index contributed by atoms with van der Waals surface area (Å²) in [6, 6.07) is 3.28. The molecule has 2 saturated carbocycles. The van der Waals surface area contributed by atoms with Gasteiger partial charge in [0.1, 0.15) is 0 Å². The highest BCUT2D eigenvalue weighted by molar-refractivity contribution is 7.90. The lowest BCUT2D eigenvalue weighted by Gasteiger charge is -2.37. The van der Waals surface area contributed by atoms with E-state index in [1.165, 1.54) is 12.8 Å². The molecule has 1 aliphatic heterocycles. The van der Waals surface area contributed by atoms with E-state index in [-0.39, 0.29) is 29.0 Å². The highest BCUT2D eigenvalue weighted by Crippen LogP contribution is 2.32. The van der Waals surface area contributed by atoms with Gasteiger partial charge in [-0.05, 0) is 70.3 Å². The fourth-order valence-electron chi connectivity index (χ4n) is 4.58. The predicted octanol–water partition coefficient (Wildman–Crippen LogP) is 2.69. The van der Waals surface area contributed by atoms with Gasteiger partial charge in [0.05, 0.1) is 24.0 Å². The number of sulfonamides is 1. The molecule has 6 nitrogen and oxygen atoms in total. The largest absolute Gasteiger partial charge is 0.376 e. The van der Waals surface area contributed by atoms with Crippen LogP contribution in [0.3, 0.4) is 0 Å². The molecule has 2 unspecified atom stereocenters. The maximum absolute atomic E-state index is 12.9. The molecule has 1 aromatic rings. The van der Waals surface area contributed by atoms with Gasteiger partial charge in [-0.2, -0.15) is 0 Å². The minimum Gasteiger partial charge on any atom is -0.376 e. The maximum atomic E-state index is 12.9. The minimum absolute atomic E-state index is 0.0290. The Morgan fingerprint density at radius 1 is 1.11 bits per heavy atom. The first-order valence-electron chi connectivity index (χ1n) is 10.7. The average molecular weight is 409 g/mol. The third-order valence-electron chi connectivity index (χ3n) is 6.64. The SMILES string of the molecule is Cc1ccc2n(c1=O)C(COC1CCC(C)CC1)C(NS(=O)(=O)C1CC1)CC2. The lowest BCUT2D eigenvalue weighted by molar-refractivity contribution is -0.00539. The van der Waals surface area contributed by atoms with Crippen LogP contribution in [0, 0.1) is 12.8 Å². The second-order valence-corrected chi connectivity index (χ2v) is 11.0. The van der Waals surface area contributed by atoms with Crippen LogP contribution in [0.15, 0.2) is 16.9 Å². The molecule has 156 valence electrons. The standard InChI is InChI=1S/C21H32N2O4S/c1-14-3-8-17(9-4-14)27-13-20-19(22-28(25,26)18-10-11-18)12-7-16-6-5-15(2)21(24)23(16)20/h5-6,14,17-20,22H,3-4,7-13H2,1-2H3. The summed E-state index contributed by atoms with van der Waals surface area (Å²) >= 11 is 0. The fourth-order valence-corrected chi connectivity index (χ4v) is 6.23. The van der Waals surface area contributed by atoms with Gasteiger partial charge in [-0.15, -0.1) is 0 Å². The summed E-state index contributed by atoms with van der Waals surface area (Å²) < 4.78 is 36.1. The van der Waals surface area contributed by atoms with Crippen molar-refractivity contribution in [3.05, 3.63) is 33.7 Å². The first-order chi connectivity index (χ1) is 13.3. The van der Waals surface area contributed by atoms with Crippen molar-refractivity contribution in [1.82, 2.24) is 9.29 Å². The smallest absolute Gasteiger partial charge is 0.254 e. The van der Waals surface area contributed by atoms with Gasteiger partial charge >= 0.3 is 0 Å². The van der Waals surface area contributed by atoms with Gasteiger partial charge in [0.25, 0.3) is 5.56 Å². The molecule has 2 aliphatic carbocycles. The van der Waals surface area contributed by atoms with Gasteiger partial charge < -0.3 is 9.30 Å². The molecule has 0 radical (unpaired) electrons. The number of nitrogens with zero attached hydrogens (tertiary/aromatic N) is 1. The van der Waals surface area contributed by atoms with Gasteiger partial charge in [0, 0.05) is 17.3 Å². The highest BCUT2D eigenvalue weighted by Gasteiger charge is 2.40. The van der Waals surface area contributed by atoms with E-state index in [1.807, 2.05) is 19.1 Å². The lowest BCUT2D eigenvalue weighted by Crippen LogP contribution is -2.50. The van der Waals surface area contributed by atoms with E-state index >= 15 is 0 Å². The summed E-state index contributed by atoms with van der Waals surface area (Å²) in [4.78, 5) is 12.9. The number of pyridine rings is 1. The first kappa shape index (κ1) is 20.1. The zero-order chi connectivity index (χ0) is 19.9. The highest BCUT2D eigenvalue weighted by atomic mass is 32.2. The summed E-state index contributed by atoms with van der Waals surface area (Å²) in [7, 11) is -3.32. The molecule has 2 fully saturated rings. The number of hydrogen-bond donors (Lipinski definition) is 1. The van der Waals surface area contributed by atoms with Gasteiger partial charge in [-0.3, -0.25) is 4.79 Å². The monoisotopic (exact) mass is 408 g/mol. The van der Waals surface area contributed by atoms with Crippen molar-refractivity contribution in [3.63, 3.8) is 0 Å². The van der Waals surface area contributed by atoms with Crippen LogP contribution in [-0.4, -0.2) is 37.0 Å². The lowest BCUT2D eigenvalue weighted by atomic mass is 9.89. The molecule has 0 amide bonds.